The summed E-state index contributed by atoms with van der Waals surface area (Å²) in [6.45, 7) is 7.27. The van der Waals surface area contributed by atoms with Gasteiger partial charge in [-0.25, -0.2) is 0 Å². The smallest absolute Gasteiger partial charge is 0.0619 e. The van der Waals surface area contributed by atoms with Gasteiger partial charge in [0.25, 0.3) is 0 Å². The third-order valence-electron chi connectivity index (χ3n) is 3.87. The summed E-state index contributed by atoms with van der Waals surface area (Å²) in [5.41, 5.74) is 1.54. The number of hydrogen-bond donors (Lipinski definition) is 1. The number of rotatable bonds is 5. The molecule has 2 unspecified atom stereocenters. The van der Waals surface area contributed by atoms with Gasteiger partial charge in [-0.05, 0) is 31.9 Å². The molecule has 1 aliphatic heterocycles. The second kappa shape index (κ2) is 5.19. The molecule has 0 bridgehead atoms. The fraction of sp³-hybridized carbons (Fsp3) is 0.769. The van der Waals surface area contributed by atoms with E-state index in [0.717, 1.165) is 32.5 Å². The summed E-state index contributed by atoms with van der Waals surface area (Å²) in [5, 5.41) is 7.73. The van der Waals surface area contributed by atoms with Crippen molar-refractivity contribution in [3.8, 4) is 0 Å². The van der Waals surface area contributed by atoms with Crippen molar-refractivity contribution >= 4 is 0 Å². The van der Waals surface area contributed by atoms with Crippen molar-refractivity contribution in [2.24, 2.45) is 12.5 Å². The number of aryl methyl sites for hydroxylation is 1. The van der Waals surface area contributed by atoms with Crippen LogP contribution in [0.4, 0.5) is 0 Å². The van der Waals surface area contributed by atoms with Crippen LogP contribution in [0.15, 0.2) is 12.4 Å². The topological polar surface area (TPSA) is 39.1 Å². The second-order valence-electron chi connectivity index (χ2n) is 5.10. The summed E-state index contributed by atoms with van der Waals surface area (Å²) >= 11 is 0. The molecule has 17 heavy (non-hydrogen) atoms. The first-order valence-corrected chi connectivity index (χ1v) is 6.46. The summed E-state index contributed by atoms with van der Waals surface area (Å²) in [4.78, 5) is 0. The molecule has 0 aliphatic carbocycles. The molecule has 0 aromatic carbocycles. The molecule has 4 nitrogen and oxygen atoms in total. The summed E-state index contributed by atoms with van der Waals surface area (Å²) in [7, 11) is 1.97. The Morgan fingerprint density at radius 3 is 3.00 bits per heavy atom. The predicted molar refractivity (Wildman–Crippen MR) is 67.9 cm³/mol. The number of aromatic nitrogens is 2. The van der Waals surface area contributed by atoms with Gasteiger partial charge in [0.2, 0.25) is 0 Å². The molecule has 0 amide bonds. The van der Waals surface area contributed by atoms with Crippen LogP contribution in [0.25, 0.3) is 0 Å². The van der Waals surface area contributed by atoms with Crippen LogP contribution < -0.4 is 5.32 Å². The van der Waals surface area contributed by atoms with E-state index in [1.165, 1.54) is 5.56 Å². The van der Waals surface area contributed by atoms with Crippen LogP contribution in [0.3, 0.4) is 0 Å². The van der Waals surface area contributed by atoms with E-state index in [4.69, 9.17) is 4.74 Å². The van der Waals surface area contributed by atoms with Crippen LogP contribution in [-0.2, 0) is 18.2 Å². The highest BCUT2D eigenvalue weighted by molar-refractivity contribution is 5.10. The van der Waals surface area contributed by atoms with Crippen molar-refractivity contribution in [1.82, 2.24) is 15.1 Å². The minimum absolute atomic E-state index is 0.235. The third kappa shape index (κ3) is 2.69. The molecule has 0 radical (unpaired) electrons. The molecule has 0 spiro atoms. The van der Waals surface area contributed by atoms with Gasteiger partial charge in [-0.15, -0.1) is 0 Å². The Kier molecular flexibility index (Phi) is 3.84. The Bertz CT molecular complexity index is 363. The largest absolute Gasteiger partial charge is 0.378 e. The van der Waals surface area contributed by atoms with E-state index in [1.807, 2.05) is 17.9 Å². The number of nitrogens with zero attached hydrogens (tertiary/aromatic N) is 2. The Balaban J connectivity index is 2.10. The Hall–Kier alpha value is -0.870. The maximum Gasteiger partial charge on any atom is 0.0619 e. The molecule has 1 aromatic rings. The highest BCUT2D eigenvalue weighted by Gasteiger charge is 2.41. The van der Waals surface area contributed by atoms with Crippen LogP contribution in [0, 0.1) is 5.41 Å². The van der Waals surface area contributed by atoms with E-state index >= 15 is 0 Å². The molecule has 2 rings (SSSR count). The number of hydrogen-bond acceptors (Lipinski definition) is 3. The zero-order chi connectivity index (χ0) is 12.3. The minimum atomic E-state index is 0.235. The summed E-state index contributed by atoms with van der Waals surface area (Å²) < 4.78 is 7.65. The van der Waals surface area contributed by atoms with Crippen LogP contribution in [0.2, 0.25) is 0 Å². The van der Waals surface area contributed by atoms with E-state index in [9.17, 15) is 0 Å². The zero-order valence-electron chi connectivity index (χ0n) is 11.1. The zero-order valence-corrected chi connectivity index (χ0v) is 11.1. The highest BCUT2D eigenvalue weighted by atomic mass is 16.5. The van der Waals surface area contributed by atoms with Gasteiger partial charge in [-0.2, -0.15) is 5.10 Å². The van der Waals surface area contributed by atoms with Crippen molar-refractivity contribution in [2.75, 3.05) is 19.7 Å². The maximum absolute atomic E-state index is 5.78. The lowest BCUT2D eigenvalue weighted by Crippen LogP contribution is -2.41. The van der Waals surface area contributed by atoms with Crippen molar-refractivity contribution < 1.29 is 4.74 Å². The standard InChI is InChI=1S/C13H23N3O/c1-4-14-10-13(5-6-17-11(13)2)7-12-8-15-16(3)9-12/h8-9,11,14H,4-7,10H2,1-3H3. The highest BCUT2D eigenvalue weighted by Crippen LogP contribution is 2.37. The molecule has 1 aromatic heterocycles. The van der Waals surface area contributed by atoms with E-state index in [0.29, 0.717) is 6.10 Å². The van der Waals surface area contributed by atoms with Crippen LogP contribution in [0.1, 0.15) is 25.8 Å². The molecule has 1 fully saturated rings. The van der Waals surface area contributed by atoms with Gasteiger partial charge < -0.3 is 10.1 Å². The second-order valence-corrected chi connectivity index (χ2v) is 5.10. The van der Waals surface area contributed by atoms with Crippen LogP contribution in [-0.4, -0.2) is 35.6 Å². The third-order valence-corrected chi connectivity index (χ3v) is 3.87. The van der Waals surface area contributed by atoms with Gasteiger partial charge in [0.15, 0.2) is 0 Å². The number of ether oxygens (including phenoxy) is 1. The summed E-state index contributed by atoms with van der Waals surface area (Å²) in [6.07, 6.45) is 6.59. The number of nitrogens with one attached hydrogen (secondary N) is 1. The first-order chi connectivity index (χ1) is 8.16. The van der Waals surface area contributed by atoms with Crippen molar-refractivity contribution in [3.05, 3.63) is 18.0 Å². The Labute approximate surface area is 103 Å². The quantitative estimate of drug-likeness (QED) is 0.840. The lowest BCUT2D eigenvalue weighted by Gasteiger charge is -2.32. The lowest BCUT2D eigenvalue weighted by atomic mass is 9.76. The molecule has 1 saturated heterocycles. The fourth-order valence-electron chi connectivity index (χ4n) is 2.69. The molecule has 2 atom stereocenters. The van der Waals surface area contributed by atoms with E-state index in [-0.39, 0.29) is 5.41 Å². The van der Waals surface area contributed by atoms with E-state index in [2.05, 4.69) is 30.5 Å². The monoisotopic (exact) mass is 237 g/mol. The minimum Gasteiger partial charge on any atom is -0.378 e. The average Bonchev–Trinajstić information content (AvgIpc) is 2.85. The van der Waals surface area contributed by atoms with Gasteiger partial charge in [-0.1, -0.05) is 6.92 Å². The van der Waals surface area contributed by atoms with Crippen LogP contribution >= 0.6 is 0 Å². The van der Waals surface area contributed by atoms with Gasteiger partial charge in [0, 0.05) is 31.8 Å². The molecule has 0 saturated carbocycles. The first kappa shape index (κ1) is 12.6. The van der Waals surface area contributed by atoms with Gasteiger partial charge >= 0.3 is 0 Å². The molecule has 96 valence electrons. The Morgan fingerprint density at radius 1 is 1.65 bits per heavy atom. The van der Waals surface area contributed by atoms with Gasteiger partial charge in [0.1, 0.15) is 0 Å². The Morgan fingerprint density at radius 2 is 2.47 bits per heavy atom. The van der Waals surface area contributed by atoms with Crippen LogP contribution in [0.5, 0.6) is 0 Å². The SMILES string of the molecule is CCNCC1(Cc2cnn(C)c2)CCOC1C. The molecule has 1 aliphatic rings. The molecule has 4 heteroatoms. The lowest BCUT2D eigenvalue weighted by molar-refractivity contribution is 0.0633. The first-order valence-electron chi connectivity index (χ1n) is 6.46. The average molecular weight is 237 g/mol. The van der Waals surface area contributed by atoms with Gasteiger partial charge in [0.05, 0.1) is 12.3 Å². The van der Waals surface area contributed by atoms with Crippen molar-refractivity contribution in [3.63, 3.8) is 0 Å². The maximum atomic E-state index is 5.78. The molecule has 1 N–H and O–H groups in total. The van der Waals surface area contributed by atoms with E-state index < -0.39 is 0 Å². The molecular formula is C13H23N3O. The molecule has 2 heterocycles. The van der Waals surface area contributed by atoms with Crippen molar-refractivity contribution in [1.29, 1.82) is 0 Å². The normalized spacial score (nSPS) is 28.8. The van der Waals surface area contributed by atoms with Gasteiger partial charge in [-0.3, -0.25) is 4.68 Å². The fourth-order valence-corrected chi connectivity index (χ4v) is 2.69. The summed E-state index contributed by atoms with van der Waals surface area (Å²) in [5.74, 6) is 0. The summed E-state index contributed by atoms with van der Waals surface area (Å²) in [6, 6.07) is 0. The van der Waals surface area contributed by atoms with E-state index in [1.54, 1.807) is 0 Å². The van der Waals surface area contributed by atoms with Crippen molar-refractivity contribution in [2.45, 2.75) is 32.8 Å². The predicted octanol–water partition coefficient (Wildman–Crippen LogP) is 1.37. The molecular weight excluding hydrogens is 214 g/mol.